The van der Waals surface area contributed by atoms with Gasteiger partial charge < -0.3 is 4.84 Å². The topological polar surface area (TPSA) is 21.6 Å². The number of hydrogen-bond acceptors (Lipinski definition) is 3. The Balaban J connectivity index is 1.87. The fourth-order valence-electron chi connectivity index (χ4n) is 1.18. The number of nitrogens with zero attached hydrogens (tertiary/aromatic N) is 1. The van der Waals surface area contributed by atoms with E-state index in [9.17, 15) is 0 Å². The summed E-state index contributed by atoms with van der Waals surface area (Å²) in [5.41, 5.74) is 0.937. The summed E-state index contributed by atoms with van der Waals surface area (Å²) < 4.78 is 0. The van der Waals surface area contributed by atoms with Crippen molar-refractivity contribution in [3.05, 3.63) is 57.2 Å². The van der Waals surface area contributed by atoms with Crippen molar-refractivity contribution in [2.75, 3.05) is 0 Å². The Labute approximate surface area is 103 Å². The molecule has 0 saturated carbocycles. The average Bonchev–Trinajstić information content (AvgIpc) is 2.79. The Morgan fingerprint density at radius 3 is 2.88 bits per heavy atom. The molecule has 82 valence electrons. The number of halogens is 1. The Morgan fingerprint density at radius 2 is 2.12 bits per heavy atom. The van der Waals surface area contributed by atoms with Crippen molar-refractivity contribution >= 4 is 29.2 Å². The van der Waals surface area contributed by atoms with Gasteiger partial charge in [0.25, 0.3) is 0 Å². The summed E-state index contributed by atoms with van der Waals surface area (Å²) in [6, 6.07) is 11.5. The standard InChI is InChI=1S/C12H10ClNOS/c13-12-6-2-1-4-10(12)9-15-14-8-11-5-3-7-16-11/h1-8H,9H2. The molecule has 0 fully saturated rings. The van der Waals surface area contributed by atoms with Gasteiger partial charge in [0.1, 0.15) is 6.61 Å². The van der Waals surface area contributed by atoms with E-state index in [1.807, 2.05) is 41.8 Å². The summed E-state index contributed by atoms with van der Waals surface area (Å²) >= 11 is 7.59. The lowest BCUT2D eigenvalue weighted by Gasteiger charge is -2.01. The molecule has 1 aromatic carbocycles. The van der Waals surface area contributed by atoms with Gasteiger partial charge >= 0.3 is 0 Å². The van der Waals surface area contributed by atoms with Crippen LogP contribution in [-0.4, -0.2) is 6.21 Å². The molecule has 0 radical (unpaired) electrons. The van der Waals surface area contributed by atoms with Crippen LogP contribution in [0.2, 0.25) is 5.02 Å². The number of thiophene rings is 1. The molecule has 2 nitrogen and oxygen atoms in total. The molecule has 0 N–H and O–H groups in total. The molecule has 0 bridgehead atoms. The lowest BCUT2D eigenvalue weighted by molar-refractivity contribution is 0.132. The van der Waals surface area contributed by atoms with E-state index in [0.717, 1.165) is 10.4 Å². The van der Waals surface area contributed by atoms with Crippen LogP contribution in [0.4, 0.5) is 0 Å². The molecule has 0 aliphatic heterocycles. The molecule has 4 heteroatoms. The zero-order valence-electron chi connectivity index (χ0n) is 8.47. The smallest absolute Gasteiger partial charge is 0.143 e. The third kappa shape index (κ3) is 3.08. The SMILES string of the molecule is Clc1ccccc1CON=Cc1cccs1. The van der Waals surface area contributed by atoms with Crippen LogP contribution in [0, 0.1) is 0 Å². The van der Waals surface area contributed by atoms with Crippen LogP contribution in [0.25, 0.3) is 0 Å². The van der Waals surface area contributed by atoms with E-state index in [1.165, 1.54) is 0 Å². The molecule has 0 spiro atoms. The quantitative estimate of drug-likeness (QED) is 0.596. The maximum atomic E-state index is 5.97. The van der Waals surface area contributed by atoms with E-state index in [4.69, 9.17) is 16.4 Å². The summed E-state index contributed by atoms with van der Waals surface area (Å²) in [6.45, 7) is 0.390. The van der Waals surface area contributed by atoms with E-state index < -0.39 is 0 Å². The van der Waals surface area contributed by atoms with Crippen molar-refractivity contribution in [3.8, 4) is 0 Å². The Hall–Kier alpha value is -1.32. The second kappa shape index (κ2) is 5.68. The van der Waals surface area contributed by atoms with Gasteiger partial charge in [-0.3, -0.25) is 0 Å². The summed E-state index contributed by atoms with van der Waals surface area (Å²) in [7, 11) is 0. The predicted octanol–water partition coefficient (Wildman–Crippen LogP) is 3.95. The lowest BCUT2D eigenvalue weighted by atomic mass is 10.2. The minimum absolute atomic E-state index is 0.390. The van der Waals surface area contributed by atoms with Crippen LogP contribution in [0.3, 0.4) is 0 Å². The molecular formula is C12H10ClNOS. The third-order valence-electron chi connectivity index (χ3n) is 1.98. The lowest BCUT2D eigenvalue weighted by Crippen LogP contribution is -1.88. The van der Waals surface area contributed by atoms with Crippen molar-refractivity contribution in [3.63, 3.8) is 0 Å². The van der Waals surface area contributed by atoms with E-state index in [1.54, 1.807) is 17.6 Å². The number of rotatable bonds is 4. The van der Waals surface area contributed by atoms with Crippen LogP contribution in [0.15, 0.2) is 46.9 Å². The molecule has 0 aliphatic rings. The molecule has 0 unspecified atom stereocenters. The molecule has 0 saturated heterocycles. The average molecular weight is 252 g/mol. The molecule has 1 aromatic heterocycles. The monoisotopic (exact) mass is 251 g/mol. The molecule has 1 heterocycles. The van der Waals surface area contributed by atoms with E-state index in [2.05, 4.69) is 5.16 Å². The normalized spacial score (nSPS) is 10.8. The van der Waals surface area contributed by atoms with E-state index >= 15 is 0 Å². The number of hydrogen-bond donors (Lipinski definition) is 0. The molecule has 2 aromatic rings. The summed E-state index contributed by atoms with van der Waals surface area (Å²) in [6.07, 6.45) is 1.70. The highest BCUT2D eigenvalue weighted by molar-refractivity contribution is 7.11. The first-order chi connectivity index (χ1) is 7.86. The Kier molecular flexibility index (Phi) is 3.97. The summed E-state index contributed by atoms with van der Waals surface area (Å²) in [4.78, 5) is 6.23. The Morgan fingerprint density at radius 1 is 1.25 bits per heavy atom. The molecular weight excluding hydrogens is 242 g/mol. The van der Waals surface area contributed by atoms with Crippen molar-refractivity contribution in [1.29, 1.82) is 0 Å². The highest BCUT2D eigenvalue weighted by Crippen LogP contribution is 2.15. The zero-order valence-corrected chi connectivity index (χ0v) is 10.0. The molecule has 0 amide bonds. The maximum Gasteiger partial charge on any atom is 0.143 e. The van der Waals surface area contributed by atoms with Gasteiger partial charge in [-0.05, 0) is 17.5 Å². The van der Waals surface area contributed by atoms with Gasteiger partial charge in [-0.2, -0.15) is 0 Å². The minimum Gasteiger partial charge on any atom is -0.391 e. The van der Waals surface area contributed by atoms with Gasteiger partial charge in [0, 0.05) is 15.5 Å². The minimum atomic E-state index is 0.390. The van der Waals surface area contributed by atoms with Crippen molar-refractivity contribution < 1.29 is 4.84 Å². The molecule has 2 rings (SSSR count). The Bertz CT molecular complexity index is 468. The van der Waals surface area contributed by atoms with Crippen LogP contribution < -0.4 is 0 Å². The highest BCUT2D eigenvalue weighted by atomic mass is 35.5. The second-order valence-corrected chi connectivity index (χ2v) is 4.50. The maximum absolute atomic E-state index is 5.97. The highest BCUT2D eigenvalue weighted by Gasteiger charge is 1.97. The first kappa shape index (κ1) is 11.2. The van der Waals surface area contributed by atoms with Crippen molar-refractivity contribution in [2.24, 2.45) is 5.16 Å². The summed E-state index contributed by atoms with van der Waals surface area (Å²) in [5, 5.41) is 6.58. The molecule has 0 atom stereocenters. The number of oxime groups is 1. The van der Waals surface area contributed by atoms with Gasteiger partial charge in [0.05, 0.1) is 6.21 Å². The van der Waals surface area contributed by atoms with Crippen LogP contribution in [0.1, 0.15) is 10.4 Å². The second-order valence-electron chi connectivity index (χ2n) is 3.11. The molecule has 0 aliphatic carbocycles. The van der Waals surface area contributed by atoms with Crippen LogP contribution >= 0.6 is 22.9 Å². The fourth-order valence-corrected chi connectivity index (χ4v) is 1.94. The summed E-state index contributed by atoms with van der Waals surface area (Å²) in [5.74, 6) is 0. The van der Waals surface area contributed by atoms with Gasteiger partial charge in [-0.25, -0.2) is 0 Å². The van der Waals surface area contributed by atoms with Crippen LogP contribution in [0.5, 0.6) is 0 Å². The molecule has 16 heavy (non-hydrogen) atoms. The predicted molar refractivity (Wildman–Crippen MR) is 68.2 cm³/mol. The fraction of sp³-hybridized carbons (Fsp3) is 0.0833. The number of benzene rings is 1. The first-order valence-electron chi connectivity index (χ1n) is 4.78. The van der Waals surface area contributed by atoms with Gasteiger partial charge in [0.2, 0.25) is 0 Å². The van der Waals surface area contributed by atoms with Crippen LogP contribution in [-0.2, 0) is 11.4 Å². The largest absolute Gasteiger partial charge is 0.391 e. The zero-order chi connectivity index (χ0) is 11.2. The van der Waals surface area contributed by atoms with Crippen molar-refractivity contribution in [2.45, 2.75) is 6.61 Å². The van der Waals surface area contributed by atoms with Crippen molar-refractivity contribution in [1.82, 2.24) is 0 Å². The third-order valence-corrected chi connectivity index (χ3v) is 3.15. The van der Waals surface area contributed by atoms with Gasteiger partial charge in [-0.15, -0.1) is 11.3 Å². The first-order valence-corrected chi connectivity index (χ1v) is 6.04. The van der Waals surface area contributed by atoms with Gasteiger partial charge in [-0.1, -0.05) is 41.0 Å². The van der Waals surface area contributed by atoms with E-state index in [-0.39, 0.29) is 0 Å². The van der Waals surface area contributed by atoms with E-state index in [0.29, 0.717) is 11.6 Å². The van der Waals surface area contributed by atoms with Gasteiger partial charge in [0.15, 0.2) is 0 Å².